The van der Waals surface area contributed by atoms with Gasteiger partial charge in [0.25, 0.3) is 0 Å². The van der Waals surface area contributed by atoms with Crippen molar-refractivity contribution in [1.29, 1.82) is 0 Å². The van der Waals surface area contributed by atoms with Gasteiger partial charge in [0.1, 0.15) is 5.75 Å². The van der Waals surface area contributed by atoms with E-state index in [9.17, 15) is 14.7 Å². The van der Waals surface area contributed by atoms with Gasteiger partial charge in [-0.3, -0.25) is 14.7 Å². The number of carbonyl (C=O) groups excluding carboxylic acids is 1. The number of methoxy groups -OCH3 is 1. The predicted octanol–water partition coefficient (Wildman–Crippen LogP) is 2.09. The fourth-order valence-electron chi connectivity index (χ4n) is 4.65. The third-order valence-electron chi connectivity index (χ3n) is 6.65. The van der Waals surface area contributed by atoms with Crippen LogP contribution in [0.25, 0.3) is 11.1 Å². The van der Waals surface area contributed by atoms with E-state index >= 15 is 0 Å². The number of rotatable bonds is 7. The van der Waals surface area contributed by atoms with E-state index in [1.807, 2.05) is 36.4 Å². The van der Waals surface area contributed by atoms with Crippen LogP contribution in [0.5, 0.6) is 5.75 Å². The van der Waals surface area contributed by atoms with E-state index in [-0.39, 0.29) is 18.1 Å². The van der Waals surface area contributed by atoms with Crippen molar-refractivity contribution < 1.29 is 19.1 Å². The lowest BCUT2D eigenvalue weighted by atomic mass is 9.93. The summed E-state index contributed by atoms with van der Waals surface area (Å²) in [5, 5.41) is 13.2. The average Bonchev–Trinajstić information content (AvgIpc) is 3.38. The maximum atomic E-state index is 13.5. The molecule has 3 aromatic rings. The van der Waals surface area contributed by atoms with Gasteiger partial charge in [-0.1, -0.05) is 18.2 Å². The fraction of sp³-hybridized carbons (Fsp3) is 0.417. The van der Waals surface area contributed by atoms with E-state index in [1.54, 1.807) is 13.2 Å². The van der Waals surface area contributed by atoms with Crippen LogP contribution in [0.1, 0.15) is 36.4 Å². The van der Waals surface area contributed by atoms with Crippen LogP contribution in [0, 0.1) is 0 Å². The van der Waals surface area contributed by atoms with Crippen LogP contribution in [-0.2, 0) is 10.2 Å². The van der Waals surface area contributed by atoms with Gasteiger partial charge in [0.2, 0.25) is 5.91 Å². The normalized spacial score (nSPS) is 20.9. The van der Waals surface area contributed by atoms with Gasteiger partial charge < -0.3 is 19.6 Å². The van der Waals surface area contributed by atoms with Gasteiger partial charge in [-0.2, -0.15) is 0 Å². The Balaban J connectivity index is 1.41. The number of hydrogen-bond donors (Lipinski definition) is 3. The molecule has 1 saturated heterocycles. The Morgan fingerprint density at radius 1 is 1.34 bits per heavy atom. The number of amides is 1. The predicted molar refractivity (Wildman–Crippen MR) is 119 cm³/mol. The molecule has 1 amide bonds. The number of aliphatic hydroxyl groups is 1. The summed E-state index contributed by atoms with van der Waals surface area (Å²) in [6.45, 7) is 2.01. The van der Waals surface area contributed by atoms with Crippen molar-refractivity contribution in [1.82, 2.24) is 15.2 Å². The Morgan fingerprint density at radius 2 is 2.19 bits per heavy atom. The molecule has 1 aromatic heterocycles. The topological polar surface area (TPSA) is 108 Å². The maximum Gasteiger partial charge on any atom is 0.417 e. The van der Waals surface area contributed by atoms with Crippen LogP contribution in [-0.4, -0.2) is 53.7 Å². The van der Waals surface area contributed by atoms with Crippen molar-refractivity contribution in [3.63, 3.8) is 0 Å². The molecule has 3 N–H and O–H groups in total. The number of carbonyl (C=O) groups is 1. The van der Waals surface area contributed by atoms with E-state index in [0.29, 0.717) is 24.2 Å². The maximum absolute atomic E-state index is 13.5. The van der Waals surface area contributed by atoms with Crippen LogP contribution in [0.3, 0.4) is 0 Å². The number of aromatic nitrogens is 1. The molecule has 0 bridgehead atoms. The minimum Gasteiger partial charge on any atom is -0.497 e. The molecule has 2 aromatic carbocycles. The summed E-state index contributed by atoms with van der Waals surface area (Å²) in [5.41, 5.74) is 2.31. The highest BCUT2D eigenvalue weighted by atomic mass is 16.5. The van der Waals surface area contributed by atoms with Gasteiger partial charge >= 0.3 is 5.76 Å². The standard InChI is InChI=1S/C24H27N3O5/c1-31-18-4-2-3-15(11-18)20(14-27-10-7-17(28)13-27)25-22(29)24(8-9-24)16-5-6-21-19(12-16)26-23(30)32-21/h2-6,11-12,17,20,28H,7-10,13-14H2,1H3,(H,25,29)(H,26,30)/t17-,20+/m0/s1. The number of aromatic amines is 1. The summed E-state index contributed by atoms with van der Waals surface area (Å²) in [7, 11) is 1.62. The smallest absolute Gasteiger partial charge is 0.417 e. The lowest BCUT2D eigenvalue weighted by Gasteiger charge is -2.27. The van der Waals surface area contributed by atoms with Crippen molar-refractivity contribution in [2.24, 2.45) is 0 Å². The summed E-state index contributed by atoms with van der Waals surface area (Å²) in [6.07, 6.45) is 1.92. The molecule has 2 atom stereocenters. The molecule has 0 unspecified atom stereocenters. The molecule has 1 aliphatic heterocycles. The third-order valence-corrected chi connectivity index (χ3v) is 6.65. The Labute approximate surface area is 185 Å². The largest absolute Gasteiger partial charge is 0.497 e. The molecule has 1 aliphatic carbocycles. The zero-order valence-corrected chi connectivity index (χ0v) is 18.0. The van der Waals surface area contributed by atoms with E-state index in [1.165, 1.54) is 0 Å². The average molecular weight is 437 g/mol. The van der Waals surface area contributed by atoms with Gasteiger partial charge in [0, 0.05) is 19.6 Å². The first kappa shape index (κ1) is 20.8. The first-order valence-electron chi connectivity index (χ1n) is 11.0. The number of nitrogens with one attached hydrogen (secondary N) is 2. The molecule has 8 heteroatoms. The molecule has 5 rings (SSSR count). The summed E-state index contributed by atoms with van der Waals surface area (Å²) in [4.78, 5) is 29.9. The summed E-state index contributed by atoms with van der Waals surface area (Å²) >= 11 is 0. The number of fused-ring (bicyclic) bond motifs is 1. The molecule has 8 nitrogen and oxygen atoms in total. The monoisotopic (exact) mass is 437 g/mol. The van der Waals surface area contributed by atoms with E-state index in [4.69, 9.17) is 9.15 Å². The summed E-state index contributed by atoms with van der Waals surface area (Å²) in [5.74, 6) is 0.200. The number of likely N-dealkylation sites (tertiary alicyclic amines) is 1. The van der Waals surface area contributed by atoms with Gasteiger partial charge in [-0.15, -0.1) is 0 Å². The second-order valence-electron chi connectivity index (χ2n) is 8.81. The van der Waals surface area contributed by atoms with Gasteiger partial charge in [-0.05, 0) is 54.7 Å². The zero-order valence-electron chi connectivity index (χ0n) is 18.0. The molecule has 1 saturated carbocycles. The highest BCUT2D eigenvalue weighted by Crippen LogP contribution is 2.49. The van der Waals surface area contributed by atoms with Crippen molar-refractivity contribution in [2.45, 2.75) is 36.8 Å². The van der Waals surface area contributed by atoms with E-state index < -0.39 is 11.2 Å². The number of aliphatic hydroxyl groups excluding tert-OH is 1. The fourth-order valence-corrected chi connectivity index (χ4v) is 4.65. The number of β-amino-alcohol motifs (C(OH)–C–C–N with tert-alkyl or cyclic N) is 1. The third kappa shape index (κ3) is 3.91. The summed E-state index contributed by atoms with van der Waals surface area (Å²) < 4.78 is 10.5. The number of ether oxygens (including phenoxy) is 1. The second kappa shape index (κ2) is 8.11. The Bertz CT molecular complexity index is 1200. The highest BCUT2D eigenvalue weighted by molar-refractivity contribution is 5.92. The minimum atomic E-state index is -0.607. The van der Waals surface area contributed by atoms with Crippen LogP contribution in [0.4, 0.5) is 0 Å². The van der Waals surface area contributed by atoms with Crippen molar-refractivity contribution >= 4 is 17.0 Å². The van der Waals surface area contributed by atoms with Gasteiger partial charge in [0.15, 0.2) is 5.58 Å². The number of benzene rings is 2. The molecule has 32 heavy (non-hydrogen) atoms. The van der Waals surface area contributed by atoms with Crippen molar-refractivity contribution in [3.05, 3.63) is 64.1 Å². The first-order valence-corrected chi connectivity index (χ1v) is 11.0. The Morgan fingerprint density at radius 3 is 2.91 bits per heavy atom. The Kier molecular flexibility index (Phi) is 5.27. The lowest BCUT2D eigenvalue weighted by Crippen LogP contribution is -2.42. The van der Waals surface area contributed by atoms with Crippen molar-refractivity contribution in [2.75, 3.05) is 26.7 Å². The number of hydrogen-bond acceptors (Lipinski definition) is 6. The van der Waals surface area contributed by atoms with E-state index in [0.717, 1.165) is 42.7 Å². The van der Waals surface area contributed by atoms with Crippen LogP contribution < -0.4 is 15.8 Å². The highest BCUT2D eigenvalue weighted by Gasteiger charge is 2.52. The van der Waals surface area contributed by atoms with Crippen LogP contribution in [0.15, 0.2) is 51.7 Å². The minimum absolute atomic E-state index is 0.0322. The number of nitrogens with zero attached hydrogens (tertiary/aromatic N) is 1. The quantitative estimate of drug-likeness (QED) is 0.522. The molecular formula is C24H27N3O5. The Hall–Kier alpha value is -3.10. The second-order valence-corrected chi connectivity index (χ2v) is 8.81. The molecule has 168 valence electrons. The van der Waals surface area contributed by atoms with Gasteiger partial charge in [0.05, 0.1) is 30.2 Å². The van der Waals surface area contributed by atoms with Crippen LogP contribution >= 0.6 is 0 Å². The summed E-state index contributed by atoms with van der Waals surface area (Å²) in [6, 6.07) is 12.9. The zero-order chi connectivity index (χ0) is 22.3. The lowest BCUT2D eigenvalue weighted by molar-refractivity contribution is -0.124. The first-order chi connectivity index (χ1) is 15.5. The van der Waals surface area contributed by atoms with Crippen molar-refractivity contribution in [3.8, 4) is 5.75 Å². The van der Waals surface area contributed by atoms with Gasteiger partial charge in [-0.25, -0.2) is 4.79 Å². The van der Waals surface area contributed by atoms with Crippen LogP contribution in [0.2, 0.25) is 0 Å². The molecule has 2 aliphatic rings. The van der Waals surface area contributed by atoms with E-state index in [2.05, 4.69) is 15.2 Å². The molecule has 0 radical (unpaired) electrons. The SMILES string of the molecule is COc1cccc([C@@H](CN2CC[C@H](O)C2)NC(=O)C2(c3ccc4oc(=O)[nH]c4c3)CC2)c1. The molecule has 2 heterocycles. The molecule has 0 spiro atoms. The molecule has 2 fully saturated rings. The number of oxazole rings is 1. The molecular weight excluding hydrogens is 410 g/mol. The number of H-pyrrole nitrogens is 1.